The van der Waals surface area contributed by atoms with Crippen molar-refractivity contribution in [3.05, 3.63) is 40.2 Å². The third-order valence-electron chi connectivity index (χ3n) is 3.37. The van der Waals surface area contributed by atoms with Crippen molar-refractivity contribution >= 4 is 5.82 Å². The van der Waals surface area contributed by atoms with Crippen molar-refractivity contribution < 1.29 is 0 Å². The molecule has 0 aliphatic heterocycles. The molecule has 1 saturated carbocycles. The molecule has 0 atom stereocenters. The Kier molecular flexibility index (Phi) is 2.85. The summed E-state index contributed by atoms with van der Waals surface area (Å²) in [6.07, 6.45) is 7.57. The molecule has 0 bridgehead atoms. The monoisotopic (exact) mass is 259 g/mol. The molecule has 1 aliphatic rings. The second-order valence-corrected chi connectivity index (χ2v) is 4.99. The van der Waals surface area contributed by atoms with Gasteiger partial charge in [0.15, 0.2) is 5.82 Å². The van der Waals surface area contributed by atoms with Crippen LogP contribution < -0.4 is 10.9 Å². The molecule has 2 aromatic heterocycles. The molecule has 0 saturated heterocycles. The van der Waals surface area contributed by atoms with Crippen molar-refractivity contribution in [2.75, 3.05) is 5.32 Å². The summed E-state index contributed by atoms with van der Waals surface area (Å²) in [5, 5.41) is 7.38. The minimum Gasteiger partial charge on any atom is -0.361 e. The van der Waals surface area contributed by atoms with Gasteiger partial charge in [0, 0.05) is 43.8 Å². The van der Waals surface area contributed by atoms with Crippen LogP contribution in [0.5, 0.6) is 0 Å². The molecule has 0 amide bonds. The Balaban J connectivity index is 1.78. The first-order valence-corrected chi connectivity index (χ1v) is 6.45. The van der Waals surface area contributed by atoms with E-state index in [4.69, 9.17) is 0 Å². The summed E-state index contributed by atoms with van der Waals surface area (Å²) in [4.78, 5) is 16.3. The van der Waals surface area contributed by atoms with Crippen LogP contribution in [0, 0.1) is 6.92 Å². The van der Waals surface area contributed by atoms with Crippen LogP contribution in [0.2, 0.25) is 0 Å². The summed E-state index contributed by atoms with van der Waals surface area (Å²) < 4.78 is 3.54. The lowest BCUT2D eigenvalue weighted by Crippen LogP contribution is -2.23. The first-order valence-electron chi connectivity index (χ1n) is 6.45. The fourth-order valence-electron chi connectivity index (χ4n) is 2.19. The molecule has 19 heavy (non-hydrogen) atoms. The predicted octanol–water partition coefficient (Wildman–Crippen LogP) is 1.23. The zero-order valence-electron chi connectivity index (χ0n) is 11.1. The SMILES string of the molecule is Cc1nn(C)cc1CNc1nccn(C2CC2)c1=O. The topological polar surface area (TPSA) is 64.7 Å². The van der Waals surface area contributed by atoms with E-state index in [2.05, 4.69) is 15.4 Å². The van der Waals surface area contributed by atoms with Gasteiger partial charge in [0.05, 0.1) is 5.69 Å². The van der Waals surface area contributed by atoms with Crippen LogP contribution in [0.1, 0.15) is 30.1 Å². The maximum atomic E-state index is 12.2. The maximum absolute atomic E-state index is 12.2. The van der Waals surface area contributed by atoms with Gasteiger partial charge >= 0.3 is 0 Å². The molecule has 2 aromatic rings. The molecule has 0 radical (unpaired) electrons. The van der Waals surface area contributed by atoms with Crippen LogP contribution in [-0.4, -0.2) is 19.3 Å². The quantitative estimate of drug-likeness (QED) is 0.897. The average Bonchev–Trinajstić information content (AvgIpc) is 3.15. The number of hydrogen-bond donors (Lipinski definition) is 1. The van der Waals surface area contributed by atoms with Crippen LogP contribution >= 0.6 is 0 Å². The number of nitrogens with one attached hydrogen (secondary N) is 1. The summed E-state index contributed by atoms with van der Waals surface area (Å²) in [6.45, 7) is 2.52. The Morgan fingerprint density at radius 2 is 2.26 bits per heavy atom. The third-order valence-corrected chi connectivity index (χ3v) is 3.37. The Morgan fingerprint density at radius 1 is 1.47 bits per heavy atom. The Bertz CT molecular complexity index is 653. The van der Waals surface area contributed by atoms with Crippen LogP contribution in [-0.2, 0) is 13.6 Å². The summed E-state index contributed by atoms with van der Waals surface area (Å²) in [7, 11) is 1.89. The molecule has 3 rings (SSSR count). The zero-order valence-corrected chi connectivity index (χ0v) is 11.1. The molecule has 1 N–H and O–H groups in total. The molecule has 0 aromatic carbocycles. The van der Waals surface area contributed by atoms with Crippen LogP contribution in [0.15, 0.2) is 23.4 Å². The molecular formula is C13H17N5O. The van der Waals surface area contributed by atoms with Crippen molar-refractivity contribution in [1.29, 1.82) is 0 Å². The van der Waals surface area contributed by atoms with Gasteiger partial charge < -0.3 is 9.88 Å². The summed E-state index contributed by atoms with van der Waals surface area (Å²) in [6, 6.07) is 0.371. The van der Waals surface area contributed by atoms with E-state index < -0.39 is 0 Å². The smallest absolute Gasteiger partial charge is 0.293 e. The van der Waals surface area contributed by atoms with E-state index in [0.29, 0.717) is 18.4 Å². The fraction of sp³-hybridized carbons (Fsp3) is 0.462. The number of aryl methyl sites for hydroxylation is 2. The van der Waals surface area contributed by atoms with E-state index in [1.165, 1.54) is 0 Å². The van der Waals surface area contributed by atoms with Crippen LogP contribution in [0.3, 0.4) is 0 Å². The number of anilines is 1. The molecule has 1 fully saturated rings. The lowest BCUT2D eigenvalue weighted by molar-refractivity contribution is 0.699. The molecular weight excluding hydrogens is 242 g/mol. The van der Waals surface area contributed by atoms with E-state index >= 15 is 0 Å². The van der Waals surface area contributed by atoms with Gasteiger partial charge in [0.2, 0.25) is 0 Å². The summed E-state index contributed by atoms with van der Waals surface area (Å²) >= 11 is 0. The van der Waals surface area contributed by atoms with Gasteiger partial charge in [-0.1, -0.05) is 0 Å². The highest BCUT2D eigenvalue weighted by Gasteiger charge is 2.25. The first kappa shape index (κ1) is 12.0. The number of nitrogens with zero attached hydrogens (tertiary/aromatic N) is 4. The standard InChI is InChI=1S/C13H17N5O/c1-9-10(8-17(2)16-9)7-15-12-13(19)18(6-5-14-12)11-3-4-11/h5-6,8,11H,3-4,7H2,1-2H3,(H,14,15). The summed E-state index contributed by atoms with van der Waals surface area (Å²) in [5.41, 5.74) is 2.01. The second kappa shape index (κ2) is 4.53. The van der Waals surface area contributed by atoms with Crippen molar-refractivity contribution in [2.45, 2.75) is 32.4 Å². The number of rotatable bonds is 4. The van der Waals surface area contributed by atoms with Gasteiger partial charge in [-0.25, -0.2) is 4.98 Å². The Morgan fingerprint density at radius 3 is 2.89 bits per heavy atom. The van der Waals surface area contributed by atoms with Gasteiger partial charge in [-0.05, 0) is 19.8 Å². The van der Waals surface area contributed by atoms with E-state index in [1.807, 2.05) is 20.2 Å². The summed E-state index contributed by atoms with van der Waals surface area (Å²) in [5.74, 6) is 0.414. The molecule has 0 unspecified atom stereocenters. The van der Waals surface area contributed by atoms with Crippen molar-refractivity contribution in [2.24, 2.45) is 7.05 Å². The lowest BCUT2D eigenvalue weighted by Gasteiger charge is -2.07. The van der Waals surface area contributed by atoms with E-state index in [1.54, 1.807) is 21.6 Å². The highest BCUT2D eigenvalue weighted by molar-refractivity contribution is 5.33. The van der Waals surface area contributed by atoms with E-state index in [9.17, 15) is 4.79 Å². The van der Waals surface area contributed by atoms with Crippen molar-refractivity contribution in [3.63, 3.8) is 0 Å². The number of aromatic nitrogens is 4. The zero-order chi connectivity index (χ0) is 13.4. The first-order chi connectivity index (χ1) is 9.15. The normalized spacial score (nSPS) is 14.6. The van der Waals surface area contributed by atoms with E-state index in [-0.39, 0.29) is 5.56 Å². The van der Waals surface area contributed by atoms with Crippen molar-refractivity contribution in [1.82, 2.24) is 19.3 Å². The van der Waals surface area contributed by atoms with E-state index in [0.717, 1.165) is 24.1 Å². The predicted molar refractivity (Wildman–Crippen MR) is 72.0 cm³/mol. The fourth-order valence-corrected chi connectivity index (χ4v) is 2.19. The molecule has 0 spiro atoms. The average molecular weight is 259 g/mol. The minimum absolute atomic E-state index is 0.0356. The third kappa shape index (κ3) is 2.38. The number of hydrogen-bond acceptors (Lipinski definition) is 4. The molecule has 1 aliphatic carbocycles. The second-order valence-electron chi connectivity index (χ2n) is 4.99. The maximum Gasteiger partial charge on any atom is 0.293 e. The van der Waals surface area contributed by atoms with Gasteiger partial charge in [0.1, 0.15) is 0 Å². The van der Waals surface area contributed by atoms with Gasteiger partial charge in [-0.15, -0.1) is 0 Å². The molecule has 2 heterocycles. The Labute approximate surface area is 111 Å². The molecule has 100 valence electrons. The Hall–Kier alpha value is -2.11. The van der Waals surface area contributed by atoms with Crippen molar-refractivity contribution in [3.8, 4) is 0 Å². The highest BCUT2D eigenvalue weighted by atomic mass is 16.1. The van der Waals surface area contributed by atoms with Gasteiger partial charge in [0.25, 0.3) is 5.56 Å². The van der Waals surface area contributed by atoms with Gasteiger partial charge in [-0.2, -0.15) is 5.10 Å². The van der Waals surface area contributed by atoms with Gasteiger partial charge in [-0.3, -0.25) is 9.48 Å². The minimum atomic E-state index is -0.0356. The van der Waals surface area contributed by atoms with Crippen LogP contribution in [0.25, 0.3) is 0 Å². The molecule has 6 heteroatoms. The van der Waals surface area contributed by atoms with Crippen LogP contribution in [0.4, 0.5) is 5.82 Å². The lowest BCUT2D eigenvalue weighted by atomic mass is 10.2. The molecule has 6 nitrogen and oxygen atoms in total. The largest absolute Gasteiger partial charge is 0.361 e. The highest BCUT2D eigenvalue weighted by Crippen LogP contribution is 2.33.